The van der Waals surface area contributed by atoms with Crippen LogP contribution in [0.5, 0.6) is 0 Å². The average Bonchev–Trinajstić information content (AvgIpc) is 1.32. The first-order valence-corrected chi connectivity index (χ1v) is 2.77. The Bertz CT molecular complexity index is 93.9. The maximum atomic E-state index is 9.67. The topological polar surface area (TPSA) is 95.1 Å². The summed E-state index contributed by atoms with van der Waals surface area (Å²) in [5, 5.41) is 0. The van der Waals surface area contributed by atoms with Crippen molar-refractivity contribution in [2.24, 2.45) is 0 Å². The Morgan fingerprint density at radius 1 is 1.57 bits per heavy atom. The van der Waals surface area contributed by atoms with Crippen LogP contribution < -0.4 is 11.0 Å². The van der Waals surface area contributed by atoms with Gasteiger partial charge in [0, 0.05) is 0 Å². The summed E-state index contributed by atoms with van der Waals surface area (Å²) in [7, 11) is -3.72. The van der Waals surface area contributed by atoms with Gasteiger partial charge in [-0.25, -0.2) is 0 Å². The van der Waals surface area contributed by atoms with E-state index in [0.29, 0.717) is 0 Å². The van der Waals surface area contributed by atoms with Gasteiger partial charge in [-0.15, -0.1) is 0 Å². The molecule has 0 aromatic carbocycles. The van der Waals surface area contributed by atoms with Gasteiger partial charge in [-0.1, -0.05) is 0 Å². The molecule has 0 unspecified atom stereocenters. The van der Waals surface area contributed by atoms with Crippen LogP contribution >= 0.6 is 7.82 Å². The van der Waals surface area contributed by atoms with Gasteiger partial charge in [0.05, 0.1) is 0 Å². The van der Waals surface area contributed by atoms with Gasteiger partial charge in [-0.05, 0) is 0 Å². The lowest BCUT2D eigenvalue weighted by Gasteiger charge is -2.30. The first-order chi connectivity index (χ1) is 2.71. The Balaban J connectivity index is 0.000000360. The number of quaternary nitrogens is 1. The molecule has 7 heavy (non-hydrogen) atoms. The molecule has 1 fully saturated rings. The number of phosphoric ester groups is 1. The summed E-state index contributed by atoms with van der Waals surface area (Å²) < 4.78 is 17.5. The molecule has 1 rings (SSSR count). The summed E-state index contributed by atoms with van der Waals surface area (Å²) in [4.78, 5) is 9.67. The van der Waals surface area contributed by atoms with Gasteiger partial charge in [0.15, 0.2) is 6.79 Å². The molecule has 1 heterocycles. The molecular weight excluding hydrogens is 121 g/mol. The van der Waals surface area contributed by atoms with E-state index in [-0.39, 0.29) is 12.9 Å². The maximum absolute atomic E-state index is 9.67. The van der Waals surface area contributed by atoms with Crippen LogP contribution in [0.25, 0.3) is 0 Å². The van der Waals surface area contributed by atoms with Crippen molar-refractivity contribution in [2.75, 3.05) is 6.79 Å². The van der Waals surface area contributed by atoms with Crippen LogP contribution in [0, 0.1) is 0 Å². The average molecular weight is 127 g/mol. The van der Waals surface area contributed by atoms with E-state index >= 15 is 0 Å². The van der Waals surface area contributed by atoms with E-state index in [2.05, 4.69) is 9.05 Å². The molecule has 5 nitrogen and oxygen atoms in total. The van der Waals surface area contributed by atoms with Crippen molar-refractivity contribution in [3.8, 4) is 0 Å². The van der Waals surface area contributed by atoms with Crippen molar-refractivity contribution in [3.05, 3.63) is 0 Å². The Labute approximate surface area is 40.4 Å². The third kappa shape index (κ3) is 1.54. The van der Waals surface area contributed by atoms with Gasteiger partial charge in [-0.2, -0.15) is 0 Å². The van der Waals surface area contributed by atoms with E-state index in [4.69, 9.17) is 0 Å². The highest BCUT2D eigenvalue weighted by atomic mass is 31.2. The zero-order valence-corrected chi connectivity index (χ0v) is 4.68. The molecule has 0 aromatic heterocycles. The SMILES string of the molecule is O=P1([O-])OCO1.[NH4+]. The molecule has 1 aliphatic rings. The largest absolute Gasteiger partial charge is 0.756 e. The highest BCUT2D eigenvalue weighted by molar-refractivity contribution is 7.46. The van der Waals surface area contributed by atoms with Gasteiger partial charge in [0.25, 0.3) is 7.82 Å². The van der Waals surface area contributed by atoms with Crippen LogP contribution in [-0.4, -0.2) is 6.79 Å². The number of hydrogen-bond acceptors (Lipinski definition) is 4. The second-order valence-electron chi connectivity index (χ2n) is 0.823. The Kier molecular flexibility index (Phi) is 1.92. The number of hydrogen-bond donors (Lipinski definition) is 1. The molecule has 0 spiro atoms. The minimum absolute atomic E-state index is 0. The van der Waals surface area contributed by atoms with Crippen molar-refractivity contribution < 1.29 is 18.5 Å². The zero-order chi connectivity index (χ0) is 4.62. The fraction of sp³-hybridized carbons (Fsp3) is 1.00. The lowest BCUT2D eigenvalue weighted by atomic mass is 11.6. The molecule has 1 aliphatic heterocycles. The molecule has 0 aliphatic carbocycles. The Morgan fingerprint density at radius 2 is 1.86 bits per heavy atom. The lowest BCUT2D eigenvalue weighted by molar-refractivity contribution is -0.265. The predicted octanol–water partition coefficient (Wildman–Crippen LogP) is -0.165. The summed E-state index contributed by atoms with van der Waals surface area (Å²) in [5.41, 5.74) is 0. The highest BCUT2D eigenvalue weighted by Crippen LogP contribution is 2.46. The Hall–Kier alpha value is 0.0700. The van der Waals surface area contributed by atoms with Crippen molar-refractivity contribution in [1.82, 2.24) is 6.15 Å². The third-order valence-corrected chi connectivity index (χ3v) is 1.26. The normalized spacial score (nSPS) is 24.7. The molecule has 0 aromatic rings. The molecule has 1 saturated heterocycles. The van der Waals surface area contributed by atoms with Gasteiger partial charge < -0.3 is 11.0 Å². The van der Waals surface area contributed by atoms with Crippen LogP contribution in [-0.2, 0) is 13.6 Å². The molecule has 4 N–H and O–H groups in total. The van der Waals surface area contributed by atoms with Crippen molar-refractivity contribution in [2.45, 2.75) is 0 Å². The molecule has 6 heteroatoms. The first kappa shape index (κ1) is 7.07. The smallest absolute Gasteiger partial charge is 0.272 e. The standard InChI is InChI=1S/CH3O4P.H3N/c2-6(3)4-1-5-6;/h1H2,(H,2,3);1H3. The second-order valence-corrected chi connectivity index (χ2v) is 2.23. The van der Waals surface area contributed by atoms with Crippen LogP contribution in [0.15, 0.2) is 0 Å². The van der Waals surface area contributed by atoms with E-state index in [9.17, 15) is 9.46 Å². The van der Waals surface area contributed by atoms with Crippen molar-refractivity contribution >= 4 is 7.82 Å². The van der Waals surface area contributed by atoms with Crippen LogP contribution in [0.3, 0.4) is 0 Å². The summed E-state index contributed by atoms with van der Waals surface area (Å²) in [5.74, 6) is 0. The quantitative estimate of drug-likeness (QED) is 0.457. The fourth-order valence-electron chi connectivity index (χ4n) is 0.139. The fourth-order valence-corrected chi connectivity index (χ4v) is 0.416. The Morgan fingerprint density at radius 3 is 1.86 bits per heavy atom. The minimum atomic E-state index is -3.72. The molecule has 0 saturated carbocycles. The zero-order valence-electron chi connectivity index (χ0n) is 3.79. The summed E-state index contributed by atoms with van der Waals surface area (Å²) in [6.45, 7) is -0.110. The van der Waals surface area contributed by atoms with Gasteiger partial charge >= 0.3 is 0 Å². The summed E-state index contributed by atoms with van der Waals surface area (Å²) in [6, 6.07) is 0. The minimum Gasteiger partial charge on any atom is -0.756 e. The van der Waals surface area contributed by atoms with Gasteiger partial charge in [-0.3, -0.25) is 13.6 Å². The van der Waals surface area contributed by atoms with E-state index < -0.39 is 7.82 Å². The van der Waals surface area contributed by atoms with E-state index in [1.807, 2.05) is 0 Å². The van der Waals surface area contributed by atoms with Gasteiger partial charge in [0.2, 0.25) is 0 Å². The van der Waals surface area contributed by atoms with E-state index in [1.54, 1.807) is 0 Å². The molecule has 44 valence electrons. The van der Waals surface area contributed by atoms with E-state index in [1.165, 1.54) is 0 Å². The van der Waals surface area contributed by atoms with Crippen LogP contribution in [0.2, 0.25) is 0 Å². The first-order valence-electron chi connectivity index (χ1n) is 1.31. The predicted molar refractivity (Wildman–Crippen MR) is 20.6 cm³/mol. The molecular formula is CH6NO4P. The molecule has 0 radical (unpaired) electrons. The summed E-state index contributed by atoms with van der Waals surface area (Å²) in [6.07, 6.45) is 0. The third-order valence-electron chi connectivity index (χ3n) is 0.422. The number of rotatable bonds is 0. The second kappa shape index (κ2) is 1.90. The lowest BCUT2D eigenvalue weighted by Crippen LogP contribution is -2.18. The van der Waals surface area contributed by atoms with Crippen LogP contribution in [0.4, 0.5) is 0 Å². The van der Waals surface area contributed by atoms with E-state index in [0.717, 1.165) is 0 Å². The van der Waals surface area contributed by atoms with Crippen LogP contribution in [0.1, 0.15) is 0 Å². The molecule has 0 amide bonds. The maximum Gasteiger partial charge on any atom is 0.272 e. The summed E-state index contributed by atoms with van der Waals surface area (Å²) >= 11 is 0. The highest BCUT2D eigenvalue weighted by Gasteiger charge is 2.18. The van der Waals surface area contributed by atoms with Gasteiger partial charge in [0.1, 0.15) is 0 Å². The molecule has 0 bridgehead atoms. The van der Waals surface area contributed by atoms with Crippen molar-refractivity contribution in [1.29, 1.82) is 0 Å². The van der Waals surface area contributed by atoms with Crippen molar-refractivity contribution in [3.63, 3.8) is 0 Å². The molecule has 0 atom stereocenters. The monoisotopic (exact) mass is 127 g/mol. The number of phosphoric acid groups is 1.